The van der Waals surface area contributed by atoms with Crippen molar-refractivity contribution in [2.45, 2.75) is 40.2 Å². The minimum absolute atomic E-state index is 0.0659. The Morgan fingerprint density at radius 1 is 1.22 bits per heavy atom. The molecule has 2 aromatic rings. The normalized spacial score (nSPS) is 24.1. The van der Waals surface area contributed by atoms with Crippen molar-refractivity contribution >= 4 is 22.7 Å². The molecular formula is C22H29N3O2. The van der Waals surface area contributed by atoms with E-state index >= 15 is 0 Å². The number of carbonyl (C=O) groups is 2. The van der Waals surface area contributed by atoms with E-state index in [-0.39, 0.29) is 11.8 Å². The van der Waals surface area contributed by atoms with Crippen LogP contribution in [0.2, 0.25) is 0 Å². The van der Waals surface area contributed by atoms with Gasteiger partial charge in [-0.25, -0.2) is 0 Å². The van der Waals surface area contributed by atoms with Crippen molar-refractivity contribution < 1.29 is 9.59 Å². The highest BCUT2D eigenvalue weighted by Crippen LogP contribution is 2.61. The summed E-state index contributed by atoms with van der Waals surface area (Å²) < 4.78 is 0. The topological polar surface area (TPSA) is 65.2 Å². The number of hydrogen-bond acceptors (Lipinski definition) is 2. The van der Waals surface area contributed by atoms with Gasteiger partial charge in [-0.2, -0.15) is 0 Å². The van der Waals surface area contributed by atoms with Crippen LogP contribution in [0.15, 0.2) is 30.3 Å². The lowest BCUT2D eigenvalue weighted by Crippen LogP contribution is -2.49. The number of aromatic nitrogens is 1. The second kappa shape index (κ2) is 6.39. The average molecular weight is 367 g/mol. The summed E-state index contributed by atoms with van der Waals surface area (Å²) in [5.41, 5.74) is 1.80. The lowest BCUT2D eigenvalue weighted by atomic mass is 10.0. The van der Waals surface area contributed by atoms with E-state index in [1.54, 1.807) is 0 Å². The maximum atomic E-state index is 13.1. The van der Waals surface area contributed by atoms with E-state index in [9.17, 15) is 9.59 Å². The molecule has 2 N–H and O–H groups in total. The summed E-state index contributed by atoms with van der Waals surface area (Å²) in [5.74, 6) is 1.41. The molecule has 2 heterocycles. The van der Waals surface area contributed by atoms with E-state index in [4.69, 9.17) is 0 Å². The molecule has 0 spiro atoms. The van der Waals surface area contributed by atoms with Crippen LogP contribution in [0, 0.1) is 23.2 Å². The van der Waals surface area contributed by atoms with Crippen LogP contribution in [0.25, 0.3) is 10.9 Å². The Bertz CT molecular complexity index is 836. The van der Waals surface area contributed by atoms with Gasteiger partial charge in [0.25, 0.3) is 5.91 Å². The number of likely N-dealkylation sites (tertiary alicyclic amines) is 1. The maximum absolute atomic E-state index is 13.1. The van der Waals surface area contributed by atoms with Gasteiger partial charge in [0.15, 0.2) is 0 Å². The number of H-pyrrole nitrogens is 1. The molecule has 2 aliphatic rings. The van der Waals surface area contributed by atoms with E-state index in [1.807, 2.05) is 35.2 Å². The number of piperidine rings is 1. The number of rotatable bonds is 5. The van der Waals surface area contributed by atoms with Crippen molar-refractivity contribution in [3.05, 3.63) is 36.0 Å². The molecule has 0 bridgehead atoms. The summed E-state index contributed by atoms with van der Waals surface area (Å²) >= 11 is 0. The minimum Gasteiger partial charge on any atom is -0.351 e. The summed E-state index contributed by atoms with van der Waals surface area (Å²) in [5, 5.41) is 3.99. The van der Waals surface area contributed by atoms with Gasteiger partial charge in [-0.1, -0.05) is 45.9 Å². The van der Waals surface area contributed by atoms with Crippen LogP contribution in [0.5, 0.6) is 0 Å². The summed E-state index contributed by atoms with van der Waals surface area (Å²) in [6.45, 7) is 10.4. The zero-order valence-corrected chi connectivity index (χ0v) is 16.6. The first kappa shape index (κ1) is 18.1. The Hall–Kier alpha value is -2.30. The first-order valence-electron chi connectivity index (χ1n) is 9.94. The number of amides is 2. The molecule has 3 atom stereocenters. The lowest BCUT2D eigenvalue weighted by Gasteiger charge is -2.28. The largest absolute Gasteiger partial charge is 0.351 e. The van der Waals surface area contributed by atoms with E-state index in [2.05, 4.69) is 38.0 Å². The third-order valence-electron chi connectivity index (χ3n) is 6.52. The van der Waals surface area contributed by atoms with Gasteiger partial charge in [0.1, 0.15) is 11.7 Å². The first-order chi connectivity index (χ1) is 12.8. The first-order valence-corrected chi connectivity index (χ1v) is 9.94. The number of fused-ring (bicyclic) bond motifs is 2. The third-order valence-corrected chi connectivity index (χ3v) is 6.52. The molecule has 1 aromatic carbocycles. The number of nitrogens with one attached hydrogen (secondary N) is 2. The standard InChI is InChI=1S/C22H29N3O2/c1-13(2)9-19(21(27)25-11-15-16(12-25)22(15,3)4)24-20(26)18-10-14-7-5-6-8-17(14)23-18/h5-8,10,13,15-16,19,23H,9,11-12H2,1-4H3,(H,24,26)/t15-,16?,19-/m0/s1. The van der Waals surface area contributed by atoms with Crippen LogP contribution >= 0.6 is 0 Å². The number of nitrogens with zero attached hydrogens (tertiary/aromatic N) is 1. The average Bonchev–Trinajstić information content (AvgIpc) is 3.07. The van der Waals surface area contributed by atoms with Crippen molar-refractivity contribution in [2.75, 3.05) is 13.1 Å². The van der Waals surface area contributed by atoms with Gasteiger partial charge < -0.3 is 15.2 Å². The number of aromatic amines is 1. The Morgan fingerprint density at radius 2 is 1.89 bits per heavy atom. The number of benzene rings is 1. The molecule has 0 radical (unpaired) electrons. The molecule has 144 valence electrons. The third kappa shape index (κ3) is 3.24. The minimum atomic E-state index is -0.468. The second-order valence-corrected chi connectivity index (χ2v) is 9.20. The molecule has 2 fully saturated rings. The maximum Gasteiger partial charge on any atom is 0.268 e. The Morgan fingerprint density at radius 3 is 2.52 bits per heavy atom. The van der Waals surface area contributed by atoms with Crippen molar-refractivity contribution in [3.63, 3.8) is 0 Å². The smallest absolute Gasteiger partial charge is 0.268 e. The Labute approximate surface area is 160 Å². The molecule has 1 aromatic heterocycles. The van der Waals surface area contributed by atoms with E-state index in [0.29, 0.717) is 35.3 Å². The molecule has 1 aliphatic heterocycles. The Kier molecular flexibility index (Phi) is 4.28. The van der Waals surface area contributed by atoms with Crippen LogP contribution in [0.4, 0.5) is 0 Å². The summed E-state index contributed by atoms with van der Waals surface area (Å²) in [7, 11) is 0. The van der Waals surface area contributed by atoms with Crippen LogP contribution < -0.4 is 5.32 Å². The van der Waals surface area contributed by atoms with Gasteiger partial charge >= 0.3 is 0 Å². The zero-order chi connectivity index (χ0) is 19.3. The molecule has 1 saturated carbocycles. The quantitative estimate of drug-likeness (QED) is 0.850. The predicted octanol–water partition coefficient (Wildman–Crippen LogP) is 3.43. The summed E-state index contributed by atoms with van der Waals surface area (Å²) in [6.07, 6.45) is 0.653. The molecule has 2 amide bonds. The number of hydrogen-bond donors (Lipinski definition) is 2. The molecule has 1 aliphatic carbocycles. The fourth-order valence-corrected chi connectivity index (χ4v) is 4.66. The van der Waals surface area contributed by atoms with Gasteiger partial charge in [-0.15, -0.1) is 0 Å². The number of carbonyl (C=O) groups excluding carboxylic acids is 2. The van der Waals surface area contributed by atoms with Crippen LogP contribution in [0.3, 0.4) is 0 Å². The fraction of sp³-hybridized carbons (Fsp3) is 0.545. The molecule has 1 saturated heterocycles. The van der Waals surface area contributed by atoms with Gasteiger partial charge in [0.2, 0.25) is 5.91 Å². The van der Waals surface area contributed by atoms with Gasteiger partial charge in [0.05, 0.1) is 0 Å². The Balaban J connectivity index is 1.47. The fourth-order valence-electron chi connectivity index (χ4n) is 4.66. The second-order valence-electron chi connectivity index (χ2n) is 9.20. The monoisotopic (exact) mass is 367 g/mol. The van der Waals surface area contributed by atoms with Gasteiger partial charge in [0, 0.05) is 24.0 Å². The van der Waals surface area contributed by atoms with E-state index in [0.717, 1.165) is 24.0 Å². The van der Waals surface area contributed by atoms with Gasteiger partial charge in [-0.3, -0.25) is 9.59 Å². The highest BCUT2D eigenvalue weighted by molar-refractivity contribution is 6.00. The van der Waals surface area contributed by atoms with Gasteiger partial charge in [-0.05, 0) is 41.7 Å². The summed E-state index contributed by atoms with van der Waals surface area (Å²) in [6, 6.07) is 9.17. The molecule has 5 heteroatoms. The zero-order valence-electron chi connectivity index (χ0n) is 16.6. The SMILES string of the molecule is CC(C)C[C@H](NC(=O)c1cc2ccccc2[nH]1)C(=O)N1CC2[C@H](C1)C2(C)C. The lowest BCUT2D eigenvalue weighted by molar-refractivity contribution is -0.133. The molecule has 27 heavy (non-hydrogen) atoms. The molecule has 1 unspecified atom stereocenters. The van der Waals surface area contributed by atoms with E-state index < -0.39 is 6.04 Å². The van der Waals surface area contributed by atoms with Crippen LogP contribution in [-0.4, -0.2) is 40.8 Å². The highest BCUT2D eigenvalue weighted by atomic mass is 16.2. The van der Waals surface area contributed by atoms with Crippen molar-refractivity contribution in [1.29, 1.82) is 0 Å². The van der Waals surface area contributed by atoms with Crippen molar-refractivity contribution in [1.82, 2.24) is 15.2 Å². The molecule has 4 rings (SSSR count). The van der Waals surface area contributed by atoms with Crippen molar-refractivity contribution in [2.24, 2.45) is 23.2 Å². The van der Waals surface area contributed by atoms with Crippen molar-refractivity contribution in [3.8, 4) is 0 Å². The van der Waals surface area contributed by atoms with Crippen LogP contribution in [0.1, 0.15) is 44.6 Å². The van der Waals surface area contributed by atoms with Crippen LogP contribution in [-0.2, 0) is 4.79 Å². The number of para-hydroxylation sites is 1. The summed E-state index contributed by atoms with van der Waals surface area (Å²) in [4.78, 5) is 31.0. The highest BCUT2D eigenvalue weighted by Gasteiger charge is 2.62. The molecular weight excluding hydrogens is 338 g/mol. The van der Waals surface area contributed by atoms with E-state index in [1.165, 1.54) is 0 Å². The predicted molar refractivity (Wildman–Crippen MR) is 106 cm³/mol. The molecule has 5 nitrogen and oxygen atoms in total.